The number of aldehydes is 1. The lowest BCUT2D eigenvalue weighted by Crippen LogP contribution is -2.28. The Balaban J connectivity index is 1.92. The van der Waals surface area contributed by atoms with E-state index in [0.29, 0.717) is 22.5 Å². The van der Waals surface area contributed by atoms with Crippen LogP contribution in [0.25, 0.3) is 0 Å². The Hall–Kier alpha value is -2.24. The van der Waals surface area contributed by atoms with Gasteiger partial charge in [-0.15, -0.1) is 0 Å². The molecule has 3 rings (SSSR count). The van der Waals surface area contributed by atoms with Crippen molar-refractivity contribution in [3.05, 3.63) is 57.4 Å². The van der Waals surface area contributed by atoms with Gasteiger partial charge < -0.3 is 11.1 Å². The molecule has 1 heterocycles. The number of nitrogens with zero attached hydrogens (tertiary/aromatic N) is 1. The van der Waals surface area contributed by atoms with Gasteiger partial charge in [-0.3, -0.25) is 9.59 Å². The first-order chi connectivity index (χ1) is 11.5. The molecule has 1 aliphatic rings. The Morgan fingerprint density at radius 3 is 2.92 bits per heavy atom. The number of fused-ring (bicyclic) bond motifs is 1. The first kappa shape index (κ1) is 16.6. The summed E-state index contributed by atoms with van der Waals surface area (Å²) in [6, 6.07) is 6.97. The van der Waals surface area contributed by atoms with Gasteiger partial charge in [-0.25, -0.2) is 4.98 Å². The van der Waals surface area contributed by atoms with E-state index in [2.05, 4.69) is 10.3 Å². The molecule has 0 saturated heterocycles. The zero-order chi connectivity index (χ0) is 17.3. The standard InChI is InChI=1S/C18H18ClN3O2/c1-10-6-12(8-17(19)21-10)18(24)22-16-5-2-11-7-13(20)3-4-14(11)15(16)9-23/h2,5-6,8-9,13H,3-4,7,20H2,1H3,(H,22,24)/t13-/m0/s1. The fourth-order valence-electron chi connectivity index (χ4n) is 3.11. The van der Waals surface area contributed by atoms with E-state index in [9.17, 15) is 9.59 Å². The molecule has 6 heteroatoms. The van der Waals surface area contributed by atoms with Crippen molar-refractivity contribution in [3.8, 4) is 0 Å². The predicted molar refractivity (Wildman–Crippen MR) is 93.8 cm³/mol. The summed E-state index contributed by atoms with van der Waals surface area (Å²) in [7, 11) is 0. The SMILES string of the molecule is Cc1cc(C(=O)Nc2ccc3c(c2C=O)CC[C@H](N)C3)cc(Cl)n1. The molecule has 2 aromatic rings. The van der Waals surface area contributed by atoms with Crippen LogP contribution in [0.3, 0.4) is 0 Å². The Kier molecular flexibility index (Phi) is 4.64. The molecule has 5 nitrogen and oxygen atoms in total. The average Bonchev–Trinajstić information content (AvgIpc) is 2.53. The van der Waals surface area contributed by atoms with E-state index in [0.717, 1.165) is 36.7 Å². The molecular formula is C18H18ClN3O2. The van der Waals surface area contributed by atoms with Gasteiger partial charge in [0.15, 0.2) is 6.29 Å². The van der Waals surface area contributed by atoms with Crippen molar-refractivity contribution in [2.24, 2.45) is 5.73 Å². The third-order valence-electron chi connectivity index (χ3n) is 4.25. The number of rotatable bonds is 3. The molecule has 0 unspecified atom stereocenters. The second-order valence-electron chi connectivity index (χ2n) is 6.06. The van der Waals surface area contributed by atoms with Crippen LogP contribution < -0.4 is 11.1 Å². The summed E-state index contributed by atoms with van der Waals surface area (Å²) in [6.07, 6.45) is 3.14. The van der Waals surface area contributed by atoms with Crippen LogP contribution in [0.2, 0.25) is 5.15 Å². The third-order valence-corrected chi connectivity index (χ3v) is 4.45. The molecule has 0 saturated carbocycles. The second-order valence-corrected chi connectivity index (χ2v) is 6.45. The van der Waals surface area contributed by atoms with E-state index in [4.69, 9.17) is 17.3 Å². The summed E-state index contributed by atoms with van der Waals surface area (Å²) in [4.78, 5) is 28.1. The number of amides is 1. The normalized spacial score (nSPS) is 16.4. The van der Waals surface area contributed by atoms with E-state index in [1.165, 1.54) is 6.07 Å². The molecule has 0 bridgehead atoms. The van der Waals surface area contributed by atoms with Crippen LogP contribution in [0.5, 0.6) is 0 Å². The Morgan fingerprint density at radius 2 is 2.21 bits per heavy atom. The zero-order valence-electron chi connectivity index (χ0n) is 13.3. The molecule has 24 heavy (non-hydrogen) atoms. The Labute approximate surface area is 145 Å². The van der Waals surface area contributed by atoms with Gasteiger partial charge in [0.05, 0.1) is 5.69 Å². The first-order valence-electron chi connectivity index (χ1n) is 7.79. The van der Waals surface area contributed by atoms with Gasteiger partial charge in [0.25, 0.3) is 5.91 Å². The van der Waals surface area contributed by atoms with E-state index in [1.54, 1.807) is 19.1 Å². The minimum absolute atomic E-state index is 0.124. The summed E-state index contributed by atoms with van der Waals surface area (Å²) in [6.45, 7) is 1.77. The highest BCUT2D eigenvalue weighted by Gasteiger charge is 2.21. The Morgan fingerprint density at radius 1 is 1.42 bits per heavy atom. The predicted octanol–water partition coefficient (Wildman–Crippen LogP) is 2.92. The molecule has 3 N–H and O–H groups in total. The fourth-order valence-corrected chi connectivity index (χ4v) is 3.36. The number of aryl methyl sites for hydroxylation is 1. The monoisotopic (exact) mass is 343 g/mol. The van der Waals surface area contributed by atoms with Gasteiger partial charge in [-0.05, 0) is 55.5 Å². The quantitative estimate of drug-likeness (QED) is 0.662. The average molecular weight is 344 g/mol. The minimum atomic E-state index is -0.321. The molecule has 1 aliphatic carbocycles. The number of halogens is 1. The number of aromatic nitrogens is 1. The van der Waals surface area contributed by atoms with Gasteiger partial charge in [0, 0.05) is 22.9 Å². The lowest BCUT2D eigenvalue weighted by molar-refractivity contribution is 0.102. The van der Waals surface area contributed by atoms with Crippen LogP contribution in [0.1, 0.15) is 44.0 Å². The molecule has 1 aromatic carbocycles. The maximum atomic E-state index is 12.5. The highest BCUT2D eigenvalue weighted by atomic mass is 35.5. The summed E-state index contributed by atoms with van der Waals surface area (Å²) in [5.41, 5.74) is 10.2. The summed E-state index contributed by atoms with van der Waals surface area (Å²) in [5, 5.41) is 3.07. The maximum absolute atomic E-state index is 12.5. The number of nitrogens with two attached hydrogens (primary N) is 1. The summed E-state index contributed by atoms with van der Waals surface area (Å²) < 4.78 is 0. The number of carbonyl (C=O) groups excluding carboxylic acids is 2. The van der Waals surface area contributed by atoms with Crippen LogP contribution in [0.15, 0.2) is 24.3 Å². The molecule has 0 fully saturated rings. The van der Waals surface area contributed by atoms with Crippen molar-refractivity contribution in [1.29, 1.82) is 0 Å². The van der Waals surface area contributed by atoms with Gasteiger partial charge in [-0.2, -0.15) is 0 Å². The van der Waals surface area contributed by atoms with Gasteiger partial charge in [0.2, 0.25) is 0 Å². The molecule has 1 aromatic heterocycles. The number of carbonyl (C=O) groups is 2. The lowest BCUT2D eigenvalue weighted by atomic mass is 9.85. The van der Waals surface area contributed by atoms with Crippen LogP contribution in [-0.4, -0.2) is 23.2 Å². The van der Waals surface area contributed by atoms with Gasteiger partial charge in [0.1, 0.15) is 5.15 Å². The van der Waals surface area contributed by atoms with Crippen molar-refractivity contribution in [3.63, 3.8) is 0 Å². The van der Waals surface area contributed by atoms with Crippen molar-refractivity contribution in [2.45, 2.75) is 32.2 Å². The fraction of sp³-hybridized carbons (Fsp3) is 0.278. The smallest absolute Gasteiger partial charge is 0.255 e. The zero-order valence-corrected chi connectivity index (χ0v) is 14.1. The number of hydrogen-bond acceptors (Lipinski definition) is 4. The van der Waals surface area contributed by atoms with E-state index in [1.807, 2.05) is 6.07 Å². The van der Waals surface area contributed by atoms with Crippen molar-refractivity contribution >= 4 is 29.5 Å². The molecule has 0 aliphatic heterocycles. The number of benzene rings is 1. The van der Waals surface area contributed by atoms with Crippen molar-refractivity contribution < 1.29 is 9.59 Å². The highest BCUT2D eigenvalue weighted by molar-refractivity contribution is 6.29. The van der Waals surface area contributed by atoms with Crippen molar-refractivity contribution in [1.82, 2.24) is 4.98 Å². The summed E-state index contributed by atoms with van der Waals surface area (Å²) in [5.74, 6) is -0.321. The molecule has 1 atom stereocenters. The lowest BCUT2D eigenvalue weighted by Gasteiger charge is -2.24. The minimum Gasteiger partial charge on any atom is -0.327 e. The van der Waals surface area contributed by atoms with E-state index >= 15 is 0 Å². The maximum Gasteiger partial charge on any atom is 0.255 e. The molecule has 0 radical (unpaired) electrons. The number of pyridine rings is 1. The third kappa shape index (κ3) is 3.32. The number of nitrogens with one attached hydrogen (secondary N) is 1. The van der Waals surface area contributed by atoms with Crippen LogP contribution in [0.4, 0.5) is 5.69 Å². The van der Waals surface area contributed by atoms with Crippen LogP contribution in [-0.2, 0) is 12.8 Å². The van der Waals surface area contributed by atoms with E-state index in [-0.39, 0.29) is 17.1 Å². The molecular weight excluding hydrogens is 326 g/mol. The molecule has 0 spiro atoms. The first-order valence-corrected chi connectivity index (χ1v) is 8.16. The molecule has 1 amide bonds. The Bertz CT molecular complexity index is 800. The second kappa shape index (κ2) is 6.71. The van der Waals surface area contributed by atoms with Crippen molar-refractivity contribution in [2.75, 3.05) is 5.32 Å². The number of hydrogen-bond donors (Lipinski definition) is 2. The summed E-state index contributed by atoms with van der Waals surface area (Å²) >= 11 is 5.91. The molecule has 124 valence electrons. The van der Waals surface area contributed by atoms with Crippen LogP contribution >= 0.6 is 11.6 Å². The van der Waals surface area contributed by atoms with E-state index < -0.39 is 0 Å². The van der Waals surface area contributed by atoms with Crippen LogP contribution in [0, 0.1) is 6.92 Å². The van der Waals surface area contributed by atoms with Gasteiger partial charge >= 0.3 is 0 Å². The van der Waals surface area contributed by atoms with Gasteiger partial charge in [-0.1, -0.05) is 17.7 Å². The number of anilines is 1. The largest absolute Gasteiger partial charge is 0.327 e. The topological polar surface area (TPSA) is 85.1 Å². The highest BCUT2D eigenvalue weighted by Crippen LogP contribution is 2.29.